The van der Waals surface area contributed by atoms with Crippen LogP contribution in [0.15, 0.2) is 61.7 Å². The van der Waals surface area contributed by atoms with Crippen LogP contribution in [0.1, 0.15) is 18.4 Å². The molecule has 0 aliphatic carbocycles. The SMILES string of the molecule is C=CCC(N)(/C=C/c1ccccc1)CC=C.Cl. The molecule has 0 fully saturated rings. The van der Waals surface area contributed by atoms with E-state index < -0.39 is 0 Å². The van der Waals surface area contributed by atoms with Gasteiger partial charge in [0.25, 0.3) is 0 Å². The van der Waals surface area contributed by atoms with Gasteiger partial charge in [-0.15, -0.1) is 25.6 Å². The zero-order valence-corrected chi connectivity index (χ0v) is 10.8. The topological polar surface area (TPSA) is 26.0 Å². The van der Waals surface area contributed by atoms with Gasteiger partial charge in [-0.1, -0.05) is 54.6 Å². The first-order valence-corrected chi connectivity index (χ1v) is 5.45. The van der Waals surface area contributed by atoms with Crippen LogP contribution in [0.4, 0.5) is 0 Å². The molecule has 0 saturated heterocycles. The van der Waals surface area contributed by atoms with Crippen molar-refractivity contribution in [3.63, 3.8) is 0 Å². The van der Waals surface area contributed by atoms with Crippen LogP contribution in [0.2, 0.25) is 0 Å². The first-order valence-electron chi connectivity index (χ1n) is 5.45. The van der Waals surface area contributed by atoms with Crippen molar-refractivity contribution >= 4 is 18.5 Å². The summed E-state index contributed by atoms with van der Waals surface area (Å²) in [4.78, 5) is 0. The summed E-state index contributed by atoms with van der Waals surface area (Å²) in [7, 11) is 0. The molecule has 17 heavy (non-hydrogen) atoms. The lowest BCUT2D eigenvalue weighted by atomic mass is 9.91. The average Bonchev–Trinajstić information content (AvgIpc) is 2.29. The van der Waals surface area contributed by atoms with Gasteiger partial charge in [0.1, 0.15) is 0 Å². The van der Waals surface area contributed by atoms with Crippen molar-refractivity contribution in [2.75, 3.05) is 0 Å². The fraction of sp³-hybridized carbons (Fsp3) is 0.200. The predicted molar refractivity (Wildman–Crippen MR) is 79.3 cm³/mol. The Morgan fingerprint density at radius 1 is 1.06 bits per heavy atom. The Morgan fingerprint density at radius 2 is 1.59 bits per heavy atom. The molecule has 2 heteroatoms. The lowest BCUT2D eigenvalue weighted by Gasteiger charge is -2.22. The summed E-state index contributed by atoms with van der Waals surface area (Å²) in [5, 5.41) is 0. The zero-order valence-electron chi connectivity index (χ0n) is 10.0. The first-order chi connectivity index (χ1) is 7.70. The minimum Gasteiger partial charge on any atom is -0.321 e. The number of benzene rings is 1. The fourth-order valence-electron chi connectivity index (χ4n) is 1.58. The highest BCUT2D eigenvalue weighted by molar-refractivity contribution is 5.85. The van der Waals surface area contributed by atoms with E-state index in [4.69, 9.17) is 5.73 Å². The van der Waals surface area contributed by atoms with Crippen LogP contribution < -0.4 is 5.73 Å². The summed E-state index contributed by atoms with van der Waals surface area (Å²) < 4.78 is 0. The molecule has 0 heterocycles. The van der Waals surface area contributed by atoms with Gasteiger partial charge in [-0.3, -0.25) is 0 Å². The summed E-state index contributed by atoms with van der Waals surface area (Å²) in [5.74, 6) is 0. The normalized spacial score (nSPS) is 10.9. The zero-order chi connectivity index (χ0) is 11.9. The Bertz CT molecular complexity index is 358. The predicted octanol–water partition coefficient (Wildman–Crippen LogP) is 3.97. The second-order valence-corrected chi connectivity index (χ2v) is 3.96. The van der Waals surface area contributed by atoms with Gasteiger partial charge in [0.05, 0.1) is 0 Å². The molecular formula is C15H20ClN. The minimum absolute atomic E-state index is 0. The van der Waals surface area contributed by atoms with E-state index in [1.807, 2.05) is 42.5 Å². The van der Waals surface area contributed by atoms with E-state index in [2.05, 4.69) is 25.3 Å². The Balaban J connectivity index is 0.00000256. The quantitative estimate of drug-likeness (QED) is 0.759. The third-order valence-electron chi connectivity index (χ3n) is 2.46. The van der Waals surface area contributed by atoms with Crippen LogP contribution in [0.5, 0.6) is 0 Å². The van der Waals surface area contributed by atoms with Gasteiger partial charge in [0, 0.05) is 5.54 Å². The molecule has 0 aliphatic rings. The minimum atomic E-state index is -0.362. The highest BCUT2D eigenvalue weighted by Crippen LogP contribution is 2.17. The van der Waals surface area contributed by atoms with Crippen LogP contribution in [0, 0.1) is 0 Å². The molecule has 1 aromatic rings. The van der Waals surface area contributed by atoms with Gasteiger partial charge in [-0.05, 0) is 18.4 Å². The fourth-order valence-corrected chi connectivity index (χ4v) is 1.58. The molecule has 1 aromatic carbocycles. The second-order valence-electron chi connectivity index (χ2n) is 3.96. The van der Waals surface area contributed by atoms with Gasteiger partial charge < -0.3 is 5.73 Å². The summed E-state index contributed by atoms with van der Waals surface area (Å²) in [6.07, 6.45) is 9.28. The molecule has 0 bridgehead atoms. The Morgan fingerprint density at radius 3 is 2.06 bits per heavy atom. The molecule has 0 saturated carbocycles. The van der Waals surface area contributed by atoms with Gasteiger partial charge in [-0.2, -0.15) is 0 Å². The monoisotopic (exact) mass is 249 g/mol. The summed E-state index contributed by atoms with van der Waals surface area (Å²) >= 11 is 0. The molecule has 1 rings (SSSR count). The number of hydrogen-bond acceptors (Lipinski definition) is 1. The lowest BCUT2D eigenvalue weighted by molar-refractivity contribution is 0.546. The molecule has 0 atom stereocenters. The van der Waals surface area contributed by atoms with Crippen molar-refractivity contribution in [2.24, 2.45) is 5.73 Å². The summed E-state index contributed by atoms with van der Waals surface area (Å²) in [5.41, 5.74) is 7.03. The second kappa shape index (κ2) is 7.88. The Labute approximate surface area is 110 Å². The van der Waals surface area contributed by atoms with Crippen LogP contribution in [0.25, 0.3) is 6.08 Å². The van der Waals surface area contributed by atoms with E-state index in [0.717, 1.165) is 18.4 Å². The van der Waals surface area contributed by atoms with Crippen LogP contribution in [0.3, 0.4) is 0 Å². The van der Waals surface area contributed by atoms with E-state index in [1.165, 1.54) is 0 Å². The van der Waals surface area contributed by atoms with Crippen molar-refractivity contribution in [1.82, 2.24) is 0 Å². The van der Waals surface area contributed by atoms with Crippen molar-refractivity contribution < 1.29 is 0 Å². The summed E-state index contributed by atoms with van der Waals surface area (Å²) in [6.45, 7) is 7.47. The molecular weight excluding hydrogens is 230 g/mol. The highest BCUT2D eigenvalue weighted by atomic mass is 35.5. The standard InChI is InChI=1S/C15H19N.ClH/c1-3-11-15(16,12-4-2)13-10-14-8-6-5-7-9-14;/h3-10,13H,1-2,11-12,16H2;1H/b13-10+;. The molecule has 0 unspecified atom stereocenters. The lowest BCUT2D eigenvalue weighted by Crippen LogP contribution is -2.36. The summed E-state index contributed by atoms with van der Waals surface area (Å²) in [6, 6.07) is 10.1. The van der Waals surface area contributed by atoms with E-state index >= 15 is 0 Å². The van der Waals surface area contributed by atoms with E-state index in [0.29, 0.717) is 0 Å². The van der Waals surface area contributed by atoms with Gasteiger partial charge in [0.2, 0.25) is 0 Å². The first kappa shape index (κ1) is 15.7. The number of halogens is 1. The van der Waals surface area contributed by atoms with Crippen molar-refractivity contribution in [3.05, 3.63) is 67.3 Å². The number of hydrogen-bond donors (Lipinski definition) is 1. The van der Waals surface area contributed by atoms with Gasteiger partial charge in [-0.25, -0.2) is 0 Å². The highest BCUT2D eigenvalue weighted by Gasteiger charge is 2.17. The molecule has 0 amide bonds. The Kier molecular flexibility index (Phi) is 7.27. The van der Waals surface area contributed by atoms with Crippen molar-refractivity contribution in [2.45, 2.75) is 18.4 Å². The maximum Gasteiger partial charge on any atom is 0.0412 e. The van der Waals surface area contributed by atoms with Crippen LogP contribution in [-0.4, -0.2) is 5.54 Å². The molecule has 0 radical (unpaired) electrons. The molecule has 2 N–H and O–H groups in total. The maximum absolute atomic E-state index is 6.24. The van der Waals surface area contributed by atoms with Crippen LogP contribution in [-0.2, 0) is 0 Å². The third kappa shape index (κ3) is 5.53. The maximum atomic E-state index is 6.24. The molecule has 92 valence electrons. The van der Waals surface area contributed by atoms with E-state index in [1.54, 1.807) is 0 Å². The molecule has 1 nitrogen and oxygen atoms in total. The van der Waals surface area contributed by atoms with Gasteiger partial charge >= 0.3 is 0 Å². The molecule has 0 aliphatic heterocycles. The van der Waals surface area contributed by atoms with Crippen LogP contribution >= 0.6 is 12.4 Å². The van der Waals surface area contributed by atoms with Crippen molar-refractivity contribution in [1.29, 1.82) is 0 Å². The van der Waals surface area contributed by atoms with E-state index in [-0.39, 0.29) is 17.9 Å². The van der Waals surface area contributed by atoms with E-state index in [9.17, 15) is 0 Å². The van der Waals surface area contributed by atoms with Gasteiger partial charge in [0.15, 0.2) is 0 Å². The Hall–Kier alpha value is -1.31. The average molecular weight is 250 g/mol. The number of nitrogens with two attached hydrogens (primary N) is 1. The molecule has 0 aromatic heterocycles. The van der Waals surface area contributed by atoms with Crippen molar-refractivity contribution in [3.8, 4) is 0 Å². The largest absolute Gasteiger partial charge is 0.321 e. The third-order valence-corrected chi connectivity index (χ3v) is 2.46. The smallest absolute Gasteiger partial charge is 0.0412 e. The number of rotatable bonds is 6. The molecule has 0 spiro atoms.